The molecule has 0 aliphatic heterocycles. The van der Waals surface area contributed by atoms with Gasteiger partial charge < -0.3 is 0 Å². The van der Waals surface area contributed by atoms with Gasteiger partial charge in [-0.3, -0.25) is 0 Å². The summed E-state index contributed by atoms with van der Waals surface area (Å²) < 4.78 is 0. The van der Waals surface area contributed by atoms with E-state index >= 15 is 0 Å². The Hall–Kier alpha value is -4.36. The van der Waals surface area contributed by atoms with Gasteiger partial charge in [0.1, 0.15) is 0 Å². The second kappa shape index (κ2) is 10.8. The number of nitrogens with zero attached hydrogens (tertiary/aromatic N) is 4. The lowest BCUT2D eigenvalue weighted by Gasteiger charge is -2.57. The second-order valence-electron chi connectivity index (χ2n) is 17.7. The van der Waals surface area contributed by atoms with Crippen molar-refractivity contribution in [3.63, 3.8) is 0 Å². The summed E-state index contributed by atoms with van der Waals surface area (Å²) in [7, 11) is 0. The predicted octanol–water partition coefficient (Wildman–Crippen LogP) is 10.8. The van der Waals surface area contributed by atoms with Crippen molar-refractivity contribution < 1.29 is 0 Å². The third-order valence-electron chi connectivity index (χ3n) is 14.5. The van der Waals surface area contributed by atoms with E-state index in [1.165, 1.54) is 88.2 Å². The summed E-state index contributed by atoms with van der Waals surface area (Å²) in [5.74, 6) is 7.67. The van der Waals surface area contributed by atoms with E-state index in [1.807, 2.05) is 18.2 Å². The Morgan fingerprint density at radius 2 is 0.880 bits per heavy atom. The van der Waals surface area contributed by atoms with E-state index in [2.05, 4.69) is 72.8 Å². The molecule has 0 unspecified atom stereocenters. The summed E-state index contributed by atoms with van der Waals surface area (Å²) in [6.07, 6.45) is 17.0. The highest BCUT2D eigenvalue weighted by Gasteiger charge is 2.52. The summed E-state index contributed by atoms with van der Waals surface area (Å²) in [5, 5.41) is 11.7. The maximum atomic E-state index is 9.70. The first kappa shape index (κ1) is 29.4. The van der Waals surface area contributed by atoms with E-state index in [9.17, 15) is 5.26 Å². The molecule has 8 aliphatic carbocycles. The van der Waals surface area contributed by atoms with Crippen LogP contribution in [0.4, 0.5) is 0 Å². The van der Waals surface area contributed by atoms with Gasteiger partial charge in [0.2, 0.25) is 0 Å². The minimum atomic E-state index is 0.370. The molecule has 5 aromatic rings. The van der Waals surface area contributed by atoms with Crippen LogP contribution in [0, 0.1) is 46.8 Å². The van der Waals surface area contributed by atoms with E-state index in [4.69, 9.17) is 15.0 Å². The normalized spacial score (nSPS) is 33.2. The second-order valence-corrected chi connectivity index (χ2v) is 17.7. The summed E-state index contributed by atoms with van der Waals surface area (Å²) in [6.45, 7) is 0. The Balaban J connectivity index is 0.980. The Morgan fingerprint density at radius 3 is 1.30 bits per heavy atom. The summed E-state index contributed by atoms with van der Waals surface area (Å²) >= 11 is 0. The third-order valence-corrected chi connectivity index (χ3v) is 14.5. The fourth-order valence-corrected chi connectivity index (χ4v) is 13.2. The number of nitriles is 1. The van der Waals surface area contributed by atoms with E-state index in [0.29, 0.717) is 22.2 Å². The van der Waals surface area contributed by atoms with Crippen LogP contribution in [-0.4, -0.2) is 15.0 Å². The fourth-order valence-electron chi connectivity index (χ4n) is 13.2. The number of hydrogen-bond donors (Lipinski definition) is 0. The Kier molecular flexibility index (Phi) is 6.36. The average Bonchev–Trinajstić information content (AvgIpc) is 3.13. The zero-order chi connectivity index (χ0) is 33.0. The molecule has 4 heteroatoms. The molecule has 4 nitrogen and oxygen atoms in total. The van der Waals surface area contributed by atoms with Crippen LogP contribution >= 0.6 is 0 Å². The van der Waals surface area contributed by atoms with Crippen molar-refractivity contribution in [1.29, 1.82) is 5.26 Å². The van der Waals surface area contributed by atoms with Crippen molar-refractivity contribution in [3.8, 4) is 40.2 Å². The number of benzene rings is 4. The van der Waals surface area contributed by atoms with Crippen LogP contribution < -0.4 is 0 Å². The summed E-state index contributed by atoms with van der Waals surface area (Å²) in [6, 6.07) is 33.1. The van der Waals surface area contributed by atoms with Crippen molar-refractivity contribution in [1.82, 2.24) is 15.0 Å². The van der Waals surface area contributed by atoms with Gasteiger partial charge in [-0.1, -0.05) is 72.8 Å². The molecule has 0 N–H and O–H groups in total. The predicted molar refractivity (Wildman–Crippen MR) is 198 cm³/mol. The molecule has 248 valence electrons. The van der Waals surface area contributed by atoms with E-state index in [1.54, 1.807) is 0 Å². The standard InChI is InChI=1S/C46H44N4/c47-27-38-3-1-2-36-20-37(8-13-41(36)38)44-49-42(34-4-9-39(10-5-34)45-21-28-14-29(22-45)16-30(15-28)23-45)48-43(50-44)35-6-11-40(12-7-35)46-24-31-17-32(25-46)19-33(18-31)26-46/h1-13,20,28-33H,14-19,21-26H2/t28-,29+,30-,31-,32+,33-,45?,46?. The zero-order valence-corrected chi connectivity index (χ0v) is 28.8. The molecule has 0 spiro atoms. The van der Waals surface area contributed by atoms with E-state index in [-0.39, 0.29) is 0 Å². The summed E-state index contributed by atoms with van der Waals surface area (Å²) in [4.78, 5) is 15.4. The number of hydrogen-bond acceptors (Lipinski definition) is 4. The molecular weight excluding hydrogens is 609 g/mol. The molecule has 0 atom stereocenters. The number of aromatic nitrogens is 3. The number of rotatable bonds is 5. The largest absolute Gasteiger partial charge is 0.208 e. The van der Waals surface area contributed by atoms with Crippen molar-refractivity contribution in [2.45, 2.75) is 87.9 Å². The van der Waals surface area contributed by atoms with Crippen LogP contribution in [0.3, 0.4) is 0 Å². The fraction of sp³-hybridized carbons (Fsp3) is 0.435. The van der Waals surface area contributed by atoms with Gasteiger partial charge in [-0.25, -0.2) is 15.0 Å². The van der Waals surface area contributed by atoms with E-state index < -0.39 is 0 Å². The molecule has 4 aromatic carbocycles. The smallest absolute Gasteiger partial charge is 0.164 e. The molecule has 0 radical (unpaired) electrons. The van der Waals surface area contributed by atoms with Gasteiger partial charge in [-0.2, -0.15) is 5.26 Å². The first-order chi connectivity index (χ1) is 24.5. The lowest BCUT2D eigenvalue weighted by atomic mass is 9.48. The molecule has 0 saturated heterocycles. The average molecular weight is 653 g/mol. The maximum absolute atomic E-state index is 9.70. The topological polar surface area (TPSA) is 62.5 Å². The van der Waals surface area contributed by atoms with Gasteiger partial charge in [-0.05, 0) is 157 Å². The highest BCUT2D eigenvalue weighted by molar-refractivity contribution is 5.91. The lowest BCUT2D eigenvalue weighted by molar-refractivity contribution is -0.00530. The highest BCUT2D eigenvalue weighted by atomic mass is 15.0. The summed E-state index contributed by atoms with van der Waals surface area (Å²) in [5.41, 5.74) is 7.50. The third kappa shape index (κ3) is 4.65. The molecule has 8 aliphatic rings. The molecule has 8 saturated carbocycles. The monoisotopic (exact) mass is 652 g/mol. The van der Waals surface area contributed by atoms with Gasteiger partial charge >= 0.3 is 0 Å². The highest BCUT2D eigenvalue weighted by Crippen LogP contribution is 2.62. The molecule has 13 rings (SSSR count). The van der Waals surface area contributed by atoms with Gasteiger partial charge in [0.15, 0.2) is 17.5 Å². The Morgan fingerprint density at radius 1 is 0.480 bits per heavy atom. The van der Waals surface area contributed by atoms with E-state index in [0.717, 1.165) is 74.6 Å². The minimum Gasteiger partial charge on any atom is -0.208 e. The quantitative estimate of drug-likeness (QED) is 0.190. The Bertz CT molecular complexity index is 2010. The first-order valence-corrected chi connectivity index (χ1v) is 19.4. The molecule has 8 fully saturated rings. The van der Waals surface area contributed by atoms with Crippen molar-refractivity contribution in [2.75, 3.05) is 0 Å². The van der Waals surface area contributed by atoms with Crippen molar-refractivity contribution >= 4 is 10.8 Å². The zero-order valence-electron chi connectivity index (χ0n) is 28.8. The molecule has 8 bridgehead atoms. The molecule has 1 aromatic heterocycles. The van der Waals surface area contributed by atoms with Gasteiger partial charge in [0, 0.05) is 16.7 Å². The van der Waals surface area contributed by atoms with Gasteiger partial charge in [0.05, 0.1) is 11.6 Å². The van der Waals surface area contributed by atoms with Crippen LogP contribution in [0.25, 0.3) is 44.9 Å². The molecule has 50 heavy (non-hydrogen) atoms. The lowest BCUT2D eigenvalue weighted by Crippen LogP contribution is -2.48. The van der Waals surface area contributed by atoms with Crippen LogP contribution in [0.2, 0.25) is 0 Å². The van der Waals surface area contributed by atoms with Crippen LogP contribution in [0.15, 0.2) is 84.9 Å². The molecule has 1 heterocycles. The molecule has 0 amide bonds. The van der Waals surface area contributed by atoms with Crippen molar-refractivity contribution in [2.24, 2.45) is 35.5 Å². The SMILES string of the molecule is N#Cc1cccc2cc(-c3nc(-c4ccc(C56C[C@H]7C[C@@H](C5)C[C@@H](C6)C7)cc4)nc(-c4ccc(C56C[C@H]7C[C@@H](C5)C[C@@H](C6)C7)cc4)n3)ccc12. The van der Waals surface area contributed by atoms with Crippen LogP contribution in [0.1, 0.15) is 93.7 Å². The Labute approximate surface area is 295 Å². The van der Waals surface area contributed by atoms with Gasteiger partial charge in [0.25, 0.3) is 0 Å². The van der Waals surface area contributed by atoms with Gasteiger partial charge in [-0.15, -0.1) is 0 Å². The first-order valence-electron chi connectivity index (χ1n) is 19.4. The van der Waals surface area contributed by atoms with Crippen LogP contribution in [0.5, 0.6) is 0 Å². The van der Waals surface area contributed by atoms with Crippen molar-refractivity contribution in [3.05, 3.63) is 102 Å². The van der Waals surface area contributed by atoms with Crippen LogP contribution in [-0.2, 0) is 10.8 Å². The minimum absolute atomic E-state index is 0.370. The maximum Gasteiger partial charge on any atom is 0.164 e. The molecular formula is C46H44N4. The number of fused-ring (bicyclic) bond motifs is 1.